The van der Waals surface area contributed by atoms with E-state index in [0.717, 1.165) is 5.56 Å². The van der Waals surface area contributed by atoms with Crippen molar-refractivity contribution in [3.63, 3.8) is 0 Å². The summed E-state index contributed by atoms with van der Waals surface area (Å²) in [6.07, 6.45) is 0.150. The molecule has 0 N–H and O–H groups in total. The molecular formula is C13H7Cl3N2. The first-order chi connectivity index (χ1) is 8.63. The minimum Gasteiger partial charge on any atom is -0.239 e. The summed E-state index contributed by atoms with van der Waals surface area (Å²) >= 11 is 18.1. The van der Waals surface area contributed by atoms with Gasteiger partial charge in [-0.1, -0.05) is 40.9 Å². The van der Waals surface area contributed by atoms with Gasteiger partial charge < -0.3 is 0 Å². The van der Waals surface area contributed by atoms with Crippen molar-refractivity contribution < 1.29 is 0 Å². The zero-order chi connectivity index (χ0) is 13.1. The molecule has 0 saturated carbocycles. The van der Waals surface area contributed by atoms with Crippen molar-refractivity contribution >= 4 is 34.8 Å². The predicted molar refractivity (Wildman–Crippen MR) is 74.0 cm³/mol. The van der Waals surface area contributed by atoms with E-state index < -0.39 is 0 Å². The number of hydrogen-bond acceptors (Lipinski definition) is 2. The van der Waals surface area contributed by atoms with Crippen molar-refractivity contribution in [2.45, 2.75) is 6.42 Å². The van der Waals surface area contributed by atoms with E-state index in [2.05, 4.69) is 11.1 Å². The SMILES string of the molecule is N#CCc1nc(Cl)ccc1-c1c(Cl)cccc1Cl. The first-order valence-electron chi connectivity index (χ1n) is 5.10. The van der Waals surface area contributed by atoms with Gasteiger partial charge in [-0.05, 0) is 24.3 Å². The van der Waals surface area contributed by atoms with Gasteiger partial charge >= 0.3 is 0 Å². The summed E-state index contributed by atoms with van der Waals surface area (Å²) in [5.41, 5.74) is 1.98. The van der Waals surface area contributed by atoms with Crippen molar-refractivity contribution in [2.75, 3.05) is 0 Å². The number of benzene rings is 1. The van der Waals surface area contributed by atoms with Crippen molar-refractivity contribution in [1.82, 2.24) is 4.98 Å². The van der Waals surface area contributed by atoms with E-state index in [0.29, 0.717) is 26.5 Å². The summed E-state index contributed by atoms with van der Waals surface area (Å²) in [5, 5.41) is 10.2. The summed E-state index contributed by atoms with van der Waals surface area (Å²) < 4.78 is 0. The van der Waals surface area contributed by atoms with Gasteiger partial charge in [-0.2, -0.15) is 5.26 Å². The van der Waals surface area contributed by atoms with Gasteiger partial charge in [0, 0.05) is 21.2 Å². The van der Waals surface area contributed by atoms with E-state index >= 15 is 0 Å². The third kappa shape index (κ3) is 2.59. The molecule has 1 aromatic heterocycles. The first-order valence-corrected chi connectivity index (χ1v) is 6.23. The average Bonchev–Trinajstić information content (AvgIpc) is 2.32. The molecule has 1 heterocycles. The Morgan fingerprint density at radius 3 is 2.33 bits per heavy atom. The van der Waals surface area contributed by atoms with Crippen molar-refractivity contribution in [1.29, 1.82) is 5.26 Å². The highest BCUT2D eigenvalue weighted by Crippen LogP contribution is 2.36. The molecule has 5 heteroatoms. The van der Waals surface area contributed by atoms with E-state index in [1.54, 1.807) is 30.3 Å². The fourth-order valence-corrected chi connectivity index (χ4v) is 2.43. The van der Waals surface area contributed by atoms with Gasteiger partial charge in [-0.3, -0.25) is 0 Å². The summed E-state index contributed by atoms with van der Waals surface area (Å²) in [4.78, 5) is 4.15. The van der Waals surface area contributed by atoms with Crippen LogP contribution in [0.3, 0.4) is 0 Å². The maximum atomic E-state index is 8.82. The third-order valence-electron chi connectivity index (χ3n) is 2.42. The van der Waals surface area contributed by atoms with Gasteiger partial charge in [-0.25, -0.2) is 4.98 Å². The van der Waals surface area contributed by atoms with Gasteiger partial charge in [-0.15, -0.1) is 0 Å². The third-order valence-corrected chi connectivity index (χ3v) is 3.26. The fourth-order valence-electron chi connectivity index (χ4n) is 1.67. The van der Waals surface area contributed by atoms with Crippen LogP contribution in [-0.4, -0.2) is 4.98 Å². The van der Waals surface area contributed by atoms with E-state index in [4.69, 9.17) is 40.1 Å². The lowest BCUT2D eigenvalue weighted by Crippen LogP contribution is -1.94. The number of nitrogens with zero attached hydrogens (tertiary/aromatic N) is 2. The summed E-state index contributed by atoms with van der Waals surface area (Å²) in [6.45, 7) is 0. The van der Waals surface area contributed by atoms with Crippen LogP contribution in [0.4, 0.5) is 0 Å². The van der Waals surface area contributed by atoms with Crippen LogP contribution in [0.5, 0.6) is 0 Å². The maximum Gasteiger partial charge on any atom is 0.129 e. The Hall–Kier alpha value is -1.27. The molecule has 0 aliphatic heterocycles. The van der Waals surface area contributed by atoms with Gasteiger partial charge in [0.15, 0.2) is 0 Å². The number of pyridine rings is 1. The smallest absolute Gasteiger partial charge is 0.129 e. The molecule has 2 nitrogen and oxygen atoms in total. The molecule has 18 heavy (non-hydrogen) atoms. The molecule has 0 aliphatic carbocycles. The second-order valence-corrected chi connectivity index (χ2v) is 4.76. The number of aromatic nitrogens is 1. The number of nitriles is 1. The standard InChI is InChI=1S/C13H7Cl3N2/c14-9-2-1-3-10(15)13(9)8-4-5-12(16)18-11(8)6-7-17/h1-5H,6H2. The second kappa shape index (κ2) is 5.58. The normalized spacial score (nSPS) is 10.1. The summed E-state index contributed by atoms with van der Waals surface area (Å²) in [5.74, 6) is 0. The highest BCUT2D eigenvalue weighted by atomic mass is 35.5. The topological polar surface area (TPSA) is 36.7 Å². The lowest BCUT2D eigenvalue weighted by molar-refractivity contribution is 1.12. The van der Waals surface area contributed by atoms with Gasteiger partial charge in [0.2, 0.25) is 0 Å². The predicted octanol–water partition coefficient (Wildman–Crippen LogP) is 4.77. The minimum absolute atomic E-state index is 0.150. The molecule has 0 radical (unpaired) electrons. The van der Waals surface area contributed by atoms with Crippen LogP contribution in [0.25, 0.3) is 11.1 Å². The van der Waals surface area contributed by atoms with Crippen LogP contribution in [0.15, 0.2) is 30.3 Å². The quantitative estimate of drug-likeness (QED) is 0.748. The Morgan fingerprint density at radius 1 is 1.06 bits per heavy atom. The van der Waals surface area contributed by atoms with E-state index in [1.807, 2.05) is 0 Å². The zero-order valence-corrected chi connectivity index (χ0v) is 11.4. The number of rotatable bonds is 2. The Kier molecular flexibility index (Phi) is 4.08. The van der Waals surface area contributed by atoms with Crippen LogP contribution < -0.4 is 0 Å². The van der Waals surface area contributed by atoms with E-state index in [9.17, 15) is 0 Å². The highest BCUT2D eigenvalue weighted by Gasteiger charge is 2.13. The van der Waals surface area contributed by atoms with Crippen molar-refractivity contribution in [3.05, 3.63) is 51.2 Å². The molecule has 0 aliphatic rings. The van der Waals surface area contributed by atoms with Gasteiger partial charge in [0.05, 0.1) is 18.2 Å². The lowest BCUT2D eigenvalue weighted by Gasteiger charge is -2.10. The Labute approximate surface area is 120 Å². The Balaban J connectivity index is 2.68. The average molecular weight is 298 g/mol. The monoisotopic (exact) mass is 296 g/mol. The first kappa shape index (κ1) is 13.2. The molecule has 0 amide bonds. The number of halogens is 3. The molecule has 0 unspecified atom stereocenters. The molecule has 0 bridgehead atoms. The van der Waals surface area contributed by atoms with Crippen LogP contribution in [0, 0.1) is 11.3 Å². The zero-order valence-electron chi connectivity index (χ0n) is 9.12. The highest BCUT2D eigenvalue weighted by molar-refractivity contribution is 6.39. The van der Waals surface area contributed by atoms with Crippen LogP contribution in [0.2, 0.25) is 15.2 Å². The van der Waals surface area contributed by atoms with E-state index in [1.165, 1.54) is 0 Å². The molecule has 90 valence electrons. The van der Waals surface area contributed by atoms with E-state index in [-0.39, 0.29) is 6.42 Å². The maximum absolute atomic E-state index is 8.82. The van der Waals surface area contributed by atoms with Crippen LogP contribution in [0.1, 0.15) is 5.69 Å². The van der Waals surface area contributed by atoms with Crippen LogP contribution in [-0.2, 0) is 6.42 Å². The molecule has 2 aromatic rings. The largest absolute Gasteiger partial charge is 0.239 e. The summed E-state index contributed by atoms with van der Waals surface area (Å²) in [6, 6.07) is 10.7. The lowest BCUT2D eigenvalue weighted by atomic mass is 10.0. The molecule has 2 rings (SSSR count). The fraction of sp³-hybridized carbons (Fsp3) is 0.0769. The second-order valence-electron chi connectivity index (χ2n) is 3.56. The van der Waals surface area contributed by atoms with Crippen molar-refractivity contribution in [2.24, 2.45) is 0 Å². The molecule has 0 spiro atoms. The summed E-state index contributed by atoms with van der Waals surface area (Å²) in [7, 11) is 0. The minimum atomic E-state index is 0.150. The van der Waals surface area contributed by atoms with Crippen molar-refractivity contribution in [3.8, 4) is 17.2 Å². The molecule has 0 fully saturated rings. The Bertz CT molecular complexity index is 612. The van der Waals surface area contributed by atoms with Crippen LogP contribution >= 0.6 is 34.8 Å². The number of hydrogen-bond donors (Lipinski definition) is 0. The molecule has 0 atom stereocenters. The Morgan fingerprint density at radius 2 is 1.72 bits per heavy atom. The van der Waals surface area contributed by atoms with Gasteiger partial charge in [0.1, 0.15) is 5.15 Å². The molecular weight excluding hydrogens is 291 g/mol. The molecule has 0 saturated heterocycles. The molecule has 1 aromatic carbocycles. The van der Waals surface area contributed by atoms with Gasteiger partial charge in [0.25, 0.3) is 0 Å².